The van der Waals surface area contributed by atoms with Gasteiger partial charge >= 0.3 is 0 Å². The molecule has 150 valence electrons. The molecule has 0 fully saturated rings. The molecular weight excluding hydrogens is 387 g/mol. The van der Waals surface area contributed by atoms with E-state index in [1.807, 2.05) is 0 Å². The van der Waals surface area contributed by atoms with Gasteiger partial charge in [-0.1, -0.05) is 84.9 Å². The van der Waals surface area contributed by atoms with Crippen LogP contribution in [0.1, 0.15) is 12.5 Å². The van der Waals surface area contributed by atoms with E-state index in [4.69, 9.17) is 9.90 Å². The summed E-state index contributed by atoms with van der Waals surface area (Å²) in [6, 6.07) is 44.0. The van der Waals surface area contributed by atoms with E-state index in [1.165, 1.54) is 21.5 Å². The molecule has 0 N–H and O–H groups in total. The summed E-state index contributed by atoms with van der Waals surface area (Å²) in [6.45, 7) is 0.972. The minimum absolute atomic E-state index is 0.972. The van der Waals surface area contributed by atoms with Crippen LogP contribution in [-0.2, 0) is 11.0 Å². The Balaban J connectivity index is 0.000000589. The van der Waals surface area contributed by atoms with Gasteiger partial charge in [0.25, 0.3) is 0 Å². The molecule has 4 aromatic rings. The number of benzene rings is 4. The van der Waals surface area contributed by atoms with Crippen LogP contribution >= 0.6 is 7.26 Å². The molecule has 0 aromatic heterocycles. The smallest absolute Gasteiger partial charge is 0.116 e. The average molecular weight is 412 g/mol. The molecule has 0 amide bonds. The molecule has 0 aliphatic carbocycles. The van der Waals surface area contributed by atoms with Crippen LogP contribution < -0.4 is 21.0 Å². The molecule has 0 atom stereocenters. The SMILES string of the molecule is CC(=O)[O-].c1ccc(C[P+](c2ccccc2)(c2ccccc2)c2ccccc2)cc1. The largest absolute Gasteiger partial charge is 0.550 e. The van der Waals surface area contributed by atoms with Crippen molar-refractivity contribution >= 4 is 29.1 Å². The maximum absolute atomic E-state index is 8.89. The van der Waals surface area contributed by atoms with Crippen molar-refractivity contribution in [1.82, 2.24) is 0 Å². The third kappa shape index (κ3) is 5.23. The number of hydrogen-bond acceptors (Lipinski definition) is 2. The lowest BCUT2D eigenvalue weighted by Gasteiger charge is -2.27. The zero-order valence-electron chi connectivity index (χ0n) is 17.0. The van der Waals surface area contributed by atoms with E-state index in [-0.39, 0.29) is 0 Å². The van der Waals surface area contributed by atoms with Gasteiger partial charge in [0.15, 0.2) is 0 Å². The topological polar surface area (TPSA) is 40.1 Å². The number of hydrogen-bond donors (Lipinski definition) is 0. The van der Waals surface area contributed by atoms with Crippen LogP contribution in [0.5, 0.6) is 0 Å². The number of carbonyl (C=O) groups excluding carboxylic acids is 1. The Morgan fingerprint density at radius 3 is 1.17 bits per heavy atom. The van der Waals surface area contributed by atoms with Gasteiger partial charge in [-0.3, -0.25) is 0 Å². The molecule has 0 heterocycles. The fourth-order valence-electron chi connectivity index (χ4n) is 3.63. The van der Waals surface area contributed by atoms with Gasteiger partial charge < -0.3 is 9.90 Å². The highest BCUT2D eigenvalue weighted by Gasteiger charge is 2.45. The number of carboxylic acids is 1. The molecule has 2 nitrogen and oxygen atoms in total. The van der Waals surface area contributed by atoms with Crippen LogP contribution in [0.3, 0.4) is 0 Å². The highest BCUT2D eigenvalue weighted by Crippen LogP contribution is 2.58. The quantitative estimate of drug-likeness (QED) is 0.466. The van der Waals surface area contributed by atoms with Crippen molar-refractivity contribution in [2.75, 3.05) is 0 Å². The van der Waals surface area contributed by atoms with Gasteiger partial charge in [-0.05, 0) is 48.9 Å². The number of aliphatic carboxylic acids is 1. The van der Waals surface area contributed by atoms with Gasteiger partial charge in [0, 0.05) is 5.97 Å². The number of carboxylic acid groups (broad SMARTS) is 1. The molecular formula is C27H25O2P. The van der Waals surface area contributed by atoms with Crippen molar-refractivity contribution < 1.29 is 9.90 Å². The van der Waals surface area contributed by atoms with Crippen LogP contribution in [0.25, 0.3) is 0 Å². The van der Waals surface area contributed by atoms with Gasteiger partial charge in [0.2, 0.25) is 0 Å². The molecule has 4 aromatic carbocycles. The van der Waals surface area contributed by atoms with Crippen LogP contribution in [-0.4, -0.2) is 5.97 Å². The van der Waals surface area contributed by atoms with Crippen molar-refractivity contribution in [3.05, 3.63) is 127 Å². The molecule has 0 aliphatic heterocycles. The first-order valence-corrected chi connectivity index (χ1v) is 11.9. The standard InChI is InChI=1S/C25H22P.C2H4O2/c1-5-13-22(14-6-1)21-26(23-15-7-2-8-16-23,24-17-9-3-10-18-24)25-19-11-4-12-20-25;1-2(3)4/h1-20H,21H2;1H3,(H,3,4)/q+1;/p-1. The van der Waals surface area contributed by atoms with Crippen molar-refractivity contribution in [1.29, 1.82) is 0 Å². The zero-order chi connectivity index (χ0) is 21.2. The molecule has 30 heavy (non-hydrogen) atoms. The summed E-state index contributed by atoms with van der Waals surface area (Å²) in [5.41, 5.74) is 1.39. The predicted octanol–water partition coefficient (Wildman–Crippen LogP) is 3.94. The Morgan fingerprint density at radius 2 is 0.867 bits per heavy atom. The summed E-state index contributed by atoms with van der Waals surface area (Å²) in [4.78, 5) is 8.89. The summed E-state index contributed by atoms with van der Waals surface area (Å²) in [5.74, 6) is -1.08. The van der Waals surface area contributed by atoms with E-state index in [2.05, 4.69) is 121 Å². The summed E-state index contributed by atoms with van der Waals surface area (Å²) in [7, 11) is -1.78. The van der Waals surface area contributed by atoms with Crippen LogP contribution in [0, 0.1) is 0 Å². The normalized spacial score (nSPS) is 10.6. The summed E-state index contributed by atoms with van der Waals surface area (Å²) in [6.07, 6.45) is 1.03. The fourth-order valence-corrected chi connectivity index (χ4v) is 7.87. The Labute approximate surface area is 179 Å². The first kappa shape index (κ1) is 21.5. The van der Waals surface area contributed by atoms with E-state index < -0.39 is 13.2 Å². The van der Waals surface area contributed by atoms with E-state index >= 15 is 0 Å². The Hall–Kier alpha value is -3.22. The molecule has 0 bridgehead atoms. The summed E-state index contributed by atoms with van der Waals surface area (Å²) in [5, 5.41) is 13.2. The maximum Gasteiger partial charge on any atom is 0.116 e. The third-order valence-corrected chi connectivity index (χ3v) is 9.23. The van der Waals surface area contributed by atoms with Crippen LogP contribution in [0.2, 0.25) is 0 Å². The third-order valence-electron chi connectivity index (χ3n) is 4.85. The Bertz CT molecular complexity index is 933. The van der Waals surface area contributed by atoms with Gasteiger partial charge in [-0.15, -0.1) is 0 Å². The summed E-state index contributed by atoms with van der Waals surface area (Å²) < 4.78 is 0. The van der Waals surface area contributed by atoms with E-state index in [1.54, 1.807) is 0 Å². The molecule has 0 saturated heterocycles. The lowest BCUT2D eigenvalue weighted by molar-refractivity contribution is -0.302. The zero-order valence-corrected chi connectivity index (χ0v) is 17.9. The highest BCUT2D eigenvalue weighted by molar-refractivity contribution is 7.95. The first-order chi connectivity index (χ1) is 14.6. The minimum atomic E-state index is -1.78. The number of carbonyl (C=O) groups is 1. The maximum atomic E-state index is 8.89. The molecule has 4 rings (SSSR count). The highest BCUT2D eigenvalue weighted by atomic mass is 31.2. The lowest BCUT2D eigenvalue weighted by atomic mass is 10.2. The van der Waals surface area contributed by atoms with Gasteiger partial charge in [0.1, 0.15) is 23.2 Å². The molecule has 0 radical (unpaired) electrons. The second kappa shape index (κ2) is 10.5. The van der Waals surface area contributed by atoms with Crippen molar-refractivity contribution in [3.8, 4) is 0 Å². The Morgan fingerprint density at radius 1 is 0.600 bits per heavy atom. The molecule has 0 saturated carbocycles. The Kier molecular flexibility index (Phi) is 7.54. The van der Waals surface area contributed by atoms with E-state index in [0.29, 0.717) is 0 Å². The second-order valence-corrected chi connectivity index (χ2v) is 10.4. The van der Waals surface area contributed by atoms with Crippen molar-refractivity contribution in [3.63, 3.8) is 0 Å². The predicted molar refractivity (Wildman–Crippen MR) is 126 cm³/mol. The molecule has 0 aliphatic rings. The average Bonchev–Trinajstić information content (AvgIpc) is 2.80. The van der Waals surface area contributed by atoms with Gasteiger partial charge in [-0.2, -0.15) is 0 Å². The van der Waals surface area contributed by atoms with Gasteiger partial charge in [-0.25, -0.2) is 0 Å². The fraction of sp³-hybridized carbons (Fsp3) is 0.0741. The molecule has 0 spiro atoms. The monoisotopic (exact) mass is 412 g/mol. The number of rotatable bonds is 5. The minimum Gasteiger partial charge on any atom is -0.550 e. The van der Waals surface area contributed by atoms with Crippen molar-refractivity contribution in [2.45, 2.75) is 13.1 Å². The van der Waals surface area contributed by atoms with E-state index in [0.717, 1.165) is 13.1 Å². The van der Waals surface area contributed by atoms with Crippen molar-refractivity contribution in [2.24, 2.45) is 0 Å². The van der Waals surface area contributed by atoms with Crippen LogP contribution in [0.4, 0.5) is 0 Å². The summed E-state index contributed by atoms with van der Waals surface area (Å²) >= 11 is 0. The molecule has 0 unspecified atom stereocenters. The first-order valence-electron chi connectivity index (χ1n) is 9.89. The second-order valence-electron chi connectivity index (χ2n) is 6.95. The van der Waals surface area contributed by atoms with E-state index in [9.17, 15) is 0 Å². The lowest BCUT2D eigenvalue weighted by Crippen LogP contribution is -2.32. The van der Waals surface area contributed by atoms with Gasteiger partial charge in [0.05, 0.1) is 6.16 Å². The molecule has 3 heteroatoms. The van der Waals surface area contributed by atoms with Crippen LogP contribution in [0.15, 0.2) is 121 Å².